The van der Waals surface area contributed by atoms with Crippen LogP contribution in [0.1, 0.15) is 24.6 Å². The highest BCUT2D eigenvalue weighted by Gasteiger charge is 2.25. The molecule has 0 aliphatic carbocycles. The van der Waals surface area contributed by atoms with E-state index in [1.165, 1.54) is 11.3 Å². The second-order valence-electron chi connectivity index (χ2n) is 6.00. The normalized spacial score (nSPS) is 21.2. The van der Waals surface area contributed by atoms with Gasteiger partial charge in [0.1, 0.15) is 0 Å². The smallest absolute Gasteiger partial charge is 0.229 e. The Morgan fingerprint density at radius 1 is 1.39 bits per heavy atom. The fourth-order valence-corrected chi connectivity index (χ4v) is 4.01. The number of piperidine rings is 1. The van der Waals surface area contributed by atoms with Crippen LogP contribution in [-0.4, -0.2) is 23.5 Å². The van der Waals surface area contributed by atoms with E-state index in [1.54, 1.807) is 0 Å². The van der Waals surface area contributed by atoms with Crippen LogP contribution >= 0.6 is 27.3 Å². The molecule has 3 rings (SSSR count). The van der Waals surface area contributed by atoms with E-state index in [-0.39, 0.29) is 11.8 Å². The minimum absolute atomic E-state index is 0.0755. The maximum absolute atomic E-state index is 12.4. The van der Waals surface area contributed by atoms with Gasteiger partial charge in [0.15, 0.2) is 5.13 Å². The second-order valence-corrected chi connectivity index (χ2v) is 8.12. The Morgan fingerprint density at radius 2 is 2.13 bits per heavy atom. The van der Waals surface area contributed by atoms with E-state index in [9.17, 15) is 4.79 Å². The molecule has 122 valence electrons. The van der Waals surface area contributed by atoms with Crippen molar-refractivity contribution in [2.45, 2.75) is 32.7 Å². The Balaban J connectivity index is 1.73. The lowest BCUT2D eigenvalue weighted by Crippen LogP contribution is -2.40. The van der Waals surface area contributed by atoms with Gasteiger partial charge < -0.3 is 10.6 Å². The molecule has 1 aliphatic rings. The molecular formula is C17H20BrN3OS. The zero-order valence-corrected chi connectivity index (χ0v) is 15.6. The summed E-state index contributed by atoms with van der Waals surface area (Å²) in [5.74, 6) is 0.168. The van der Waals surface area contributed by atoms with Crippen molar-refractivity contribution < 1.29 is 4.79 Å². The molecular weight excluding hydrogens is 374 g/mol. The van der Waals surface area contributed by atoms with Crippen molar-refractivity contribution in [2.75, 3.05) is 11.9 Å². The summed E-state index contributed by atoms with van der Waals surface area (Å²) in [5, 5.41) is 7.07. The van der Waals surface area contributed by atoms with E-state index in [0.29, 0.717) is 11.2 Å². The SMILES string of the molecule is Cc1sc(NC(=O)[C@H]2CCN[C@@H](C)C2)nc1-c1ccc(Br)cc1. The van der Waals surface area contributed by atoms with Crippen LogP contribution < -0.4 is 10.6 Å². The van der Waals surface area contributed by atoms with Crippen LogP contribution in [0.5, 0.6) is 0 Å². The van der Waals surface area contributed by atoms with Gasteiger partial charge in [-0.15, -0.1) is 11.3 Å². The van der Waals surface area contributed by atoms with Crippen molar-refractivity contribution in [3.63, 3.8) is 0 Å². The number of hydrogen-bond donors (Lipinski definition) is 2. The zero-order valence-electron chi connectivity index (χ0n) is 13.2. The third-order valence-electron chi connectivity index (χ3n) is 4.14. The molecule has 1 aliphatic heterocycles. The summed E-state index contributed by atoms with van der Waals surface area (Å²) < 4.78 is 1.04. The maximum atomic E-state index is 12.4. The van der Waals surface area contributed by atoms with Crippen LogP contribution in [0.25, 0.3) is 11.3 Å². The fourth-order valence-electron chi connectivity index (χ4n) is 2.90. The number of amides is 1. The summed E-state index contributed by atoms with van der Waals surface area (Å²) in [7, 11) is 0. The summed E-state index contributed by atoms with van der Waals surface area (Å²) in [4.78, 5) is 18.2. The lowest BCUT2D eigenvalue weighted by atomic mass is 9.92. The average Bonchev–Trinajstić information content (AvgIpc) is 2.88. The summed E-state index contributed by atoms with van der Waals surface area (Å²) in [6, 6.07) is 8.47. The molecule has 2 heterocycles. The van der Waals surface area contributed by atoms with Crippen LogP contribution in [-0.2, 0) is 4.79 Å². The van der Waals surface area contributed by atoms with Crippen molar-refractivity contribution >= 4 is 38.3 Å². The number of anilines is 1. The molecule has 0 spiro atoms. The number of rotatable bonds is 3. The summed E-state index contributed by atoms with van der Waals surface area (Å²) in [6.45, 7) is 5.07. The first-order valence-electron chi connectivity index (χ1n) is 7.80. The van der Waals surface area contributed by atoms with E-state index in [1.807, 2.05) is 31.2 Å². The molecule has 0 bridgehead atoms. The molecule has 2 atom stereocenters. The molecule has 0 unspecified atom stereocenters. The molecule has 1 aromatic heterocycles. The highest BCUT2D eigenvalue weighted by molar-refractivity contribution is 9.10. The van der Waals surface area contributed by atoms with E-state index >= 15 is 0 Å². The molecule has 0 saturated carbocycles. The van der Waals surface area contributed by atoms with Crippen LogP contribution in [0.2, 0.25) is 0 Å². The Hall–Kier alpha value is -1.24. The number of aryl methyl sites for hydroxylation is 1. The average molecular weight is 394 g/mol. The summed E-state index contributed by atoms with van der Waals surface area (Å²) >= 11 is 4.98. The number of thiazole rings is 1. The molecule has 2 aromatic rings. The second kappa shape index (κ2) is 7.11. The standard InChI is InChI=1S/C17H20BrN3OS/c1-10-9-13(7-8-19-10)16(22)21-17-20-15(11(2)23-17)12-3-5-14(18)6-4-12/h3-6,10,13,19H,7-9H2,1-2H3,(H,20,21,22)/t10-,13-/m0/s1. The minimum Gasteiger partial charge on any atom is -0.314 e. The number of nitrogens with zero attached hydrogens (tertiary/aromatic N) is 1. The summed E-state index contributed by atoms with van der Waals surface area (Å²) in [5.41, 5.74) is 2.01. The van der Waals surface area contributed by atoms with Gasteiger partial charge in [-0.05, 0) is 45.4 Å². The lowest BCUT2D eigenvalue weighted by Gasteiger charge is -2.26. The third kappa shape index (κ3) is 4.00. The monoisotopic (exact) mass is 393 g/mol. The number of aromatic nitrogens is 1. The highest BCUT2D eigenvalue weighted by Crippen LogP contribution is 2.31. The van der Waals surface area contributed by atoms with Gasteiger partial charge in [0, 0.05) is 26.9 Å². The first-order chi connectivity index (χ1) is 11.0. The molecule has 2 N–H and O–H groups in total. The van der Waals surface area contributed by atoms with Gasteiger partial charge in [0.25, 0.3) is 0 Å². The maximum Gasteiger partial charge on any atom is 0.229 e. The van der Waals surface area contributed by atoms with Crippen molar-refractivity contribution in [3.8, 4) is 11.3 Å². The van der Waals surface area contributed by atoms with Gasteiger partial charge in [-0.1, -0.05) is 28.1 Å². The van der Waals surface area contributed by atoms with E-state index in [0.717, 1.165) is 40.0 Å². The Morgan fingerprint density at radius 3 is 2.83 bits per heavy atom. The van der Waals surface area contributed by atoms with Gasteiger partial charge in [0.2, 0.25) is 5.91 Å². The minimum atomic E-state index is 0.0755. The van der Waals surface area contributed by atoms with E-state index < -0.39 is 0 Å². The predicted octanol–water partition coefficient (Wildman–Crippen LogP) is 4.21. The number of carbonyl (C=O) groups is 1. The molecule has 4 nitrogen and oxygen atoms in total. The molecule has 0 radical (unpaired) electrons. The molecule has 1 fully saturated rings. The van der Waals surface area contributed by atoms with Gasteiger partial charge in [-0.2, -0.15) is 0 Å². The molecule has 1 amide bonds. The molecule has 23 heavy (non-hydrogen) atoms. The van der Waals surface area contributed by atoms with Crippen LogP contribution in [0.3, 0.4) is 0 Å². The van der Waals surface area contributed by atoms with E-state index in [4.69, 9.17) is 0 Å². The molecule has 6 heteroatoms. The number of benzene rings is 1. The van der Waals surface area contributed by atoms with Crippen LogP contribution in [0.4, 0.5) is 5.13 Å². The van der Waals surface area contributed by atoms with Gasteiger partial charge in [-0.25, -0.2) is 4.98 Å². The summed E-state index contributed by atoms with van der Waals surface area (Å²) in [6.07, 6.45) is 1.77. The third-order valence-corrected chi connectivity index (χ3v) is 5.55. The van der Waals surface area contributed by atoms with Gasteiger partial charge >= 0.3 is 0 Å². The van der Waals surface area contributed by atoms with Crippen LogP contribution in [0, 0.1) is 12.8 Å². The first-order valence-corrected chi connectivity index (χ1v) is 9.41. The van der Waals surface area contributed by atoms with Crippen LogP contribution in [0.15, 0.2) is 28.7 Å². The molecule has 1 aromatic carbocycles. The predicted molar refractivity (Wildman–Crippen MR) is 98.8 cm³/mol. The number of nitrogens with one attached hydrogen (secondary N) is 2. The van der Waals surface area contributed by atoms with Gasteiger partial charge in [0.05, 0.1) is 5.69 Å². The Kier molecular flexibility index (Phi) is 5.14. The van der Waals surface area contributed by atoms with Crippen molar-refractivity contribution in [3.05, 3.63) is 33.6 Å². The van der Waals surface area contributed by atoms with Crippen molar-refractivity contribution in [2.24, 2.45) is 5.92 Å². The number of carbonyl (C=O) groups excluding carboxylic acids is 1. The number of halogens is 1. The lowest BCUT2D eigenvalue weighted by molar-refractivity contribution is -0.120. The quantitative estimate of drug-likeness (QED) is 0.820. The Bertz CT molecular complexity index is 698. The molecule has 1 saturated heterocycles. The first kappa shape index (κ1) is 16.6. The largest absolute Gasteiger partial charge is 0.314 e. The zero-order chi connectivity index (χ0) is 16.4. The fraction of sp³-hybridized carbons (Fsp3) is 0.412. The Labute approximate surface area is 148 Å². The van der Waals surface area contributed by atoms with Gasteiger partial charge in [-0.3, -0.25) is 4.79 Å². The van der Waals surface area contributed by atoms with Crippen molar-refractivity contribution in [1.82, 2.24) is 10.3 Å². The van der Waals surface area contributed by atoms with Crippen molar-refractivity contribution in [1.29, 1.82) is 0 Å². The number of hydrogen-bond acceptors (Lipinski definition) is 4. The van der Waals surface area contributed by atoms with E-state index in [2.05, 4.69) is 38.5 Å². The highest BCUT2D eigenvalue weighted by atomic mass is 79.9. The topological polar surface area (TPSA) is 54.0 Å².